The third kappa shape index (κ3) is 2.97. The zero-order chi connectivity index (χ0) is 12.8. The summed E-state index contributed by atoms with van der Waals surface area (Å²) in [4.78, 5) is 11.4. The van der Waals surface area contributed by atoms with Gasteiger partial charge in [0.25, 0.3) is 5.91 Å². The monoisotopic (exact) mass is 246 g/mol. The van der Waals surface area contributed by atoms with Crippen LogP contribution in [0.4, 0.5) is 0 Å². The van der Waals surface area contributed by atoms with E-state index < -0.39 is 0 Å². The van der Waals surface area contributed by atoms with E-state index in [-0.39, 0.29) is 12.5 Å². The van der Waals surface area contributed by atoms with Crippen molar-refractivity contribution in [3.63, 3.8) is 0 Å². The number of hydrogen-bond acceptors (Lipinski definition) is 4. The number of carbonyl (C=O) groups is 1. The Morgan fingerprint density at radius 3 is 2.72 bits per heavy atom. The quantitative estimate of drug-likeness (QED) is 0.477. The molecular formula is C13H14N2O3. The maximum atomic E-state index is 11.4. The maximum Gasteiger partial charge on any atom is 0.268 e. The van der Waals surface area contributed by atoms with E-state index in [4.69, 9.17) is 15.0 Å². The molecule has 2 rings (SSSR count). The molecule has 0 bridgehead atoms. The molecule has 0 aliphatic heterocycles. The highest BCUT2D eigenvalue weighted by Crippen LogP contribution is 2.12. The number of carbonyl (C=O) groups excluding carboxylic acids is 1. The van der Waals surface area contributed by atoms with Crippen LogP contribution in [0.1, 0.15) is 21.7 Å². The topological polar surface area (TPSA) is 77.5 Å². The Balaban J connectivity index is 1.91. The van der Waals surface area contributed by atoms with Crippen LogP contribution in [0, 0.1) is 0 Å². The van der Waals surface area contributed by atoms with Crippen LogP contribution in [0.25, 0.3) is 0 Å². The Kier molecular flexibility index (Phi) is 4.11. The van der Waals surface area contributed by atoms with Gasteiger partial charge >= 0.3 is 0 Å². The molecule has 0 saturated carbocycles. The van der Waals surface area contributed by atoms with E-state index in [9.17, 15) is 4.79 Å². The van der Waals surface area contributed by atoms with Gasteiger partial charge in [-0.2, -0.15) is 0 Å². The molecule has 0 spiro atoms. The van der Waals surface area contributed by atoms with Gasteiger partial charge in [-0.3, -0.25) is 10.2 Å². The van der Waals surface area contributed by atoms with Crippen LogP contribution < -0.4 is 11.3 Å². The molecule has 1 aromatic heterocycles. The number of ether oxygens (including phenoxy) is 1. The summed E-state index contributed by atoms with van der Waals surface area (Å²) in [5.74, 6) is 5.15. The number of hydrogen-bond donors (Lipinski definition) is 2. The molecule has 5 heteroatoms. The second kappa shape index (κ2) is 6.00. The van der Waals surface area contributed by atoms with Gasteiger partial charge in [-0.25, -0.2) is 5.84 Å². The van der Waals surface area contributed by atoms with Crippen LogP contribution in [0.3, 0.4) is 0 Å². The zero-order valence-corrected chi connectivity index (χ0v) is 9.76. The first-order chi connectivity index (χ1) is 8.81. The van der Waals surface area contributed by atoms with Gasteiger partial charge < -0.3 is 9.15 Å². The smallest absolute Gasteiger partial charge is 0.268 e. The van der Waals surface area contributed by atoms with Crippen LogP contribution in [0.15, 0.2) is 47.1 Å². The van der Waals surface area contributed by atoms with E-state index in [2.05, 4.69) is 5.43 Å². The summed E-state index contributed by atoms with van der Waals surface area (Å²) in [5, 5.41) is 0. The lowest BCUT2D eigenvalue weighted by molar-refractivity contribution is 0.0870. The number of nitrogen functional groups attached to an aromatic ring is 1. The fourth-order valence-electron chi connectivity index (χ4n) is 1.57. The number of amides is 1. The summed E-state index contributed by atoms with van der Waals surface area (Å²) >= 11 is 0. The summed E-state index contributed by atoms with van der Waals surface area (Å²) in [6.45, 7) is 0.690. The second-order valence-electron chi connectivity index (χ2n) is 3.71. The maximum absolute atomic E-state index is 11.4. The number of nitrogens with two attached hydrogens (primary N) is 1. The van der Waals surface area contributed by atoms with Gasteiger partial charge in [0.2, 0.25) is 0 Å². The van der Waals surface area contributed by atoms with Gasteiger partial charge in [-0.15, -0.1) is 0 Å². The molecule has 5 nitrogen and oxygen atoms in total. The summed E-state index contributed by atoms with van der Waals surface area (Å²) in [7, 11) is 0. The summed E-state index contributed by atoms with van der Waals surface area (Å²) in [6.07, 6.45) is 1.44. The lowest BCUT2D eigenvalue weighted by Gasteiger charge is -2.04. The van der Waals surface area contributed by atoms with Crippen LogP contribution >= 0.6 is 0 Å². The number of benzene rings is 1. The molecule has 0 unspecified atom stereocenters. The minimum absolute atomic E-state index is 0.227. The standard InChI is InChI=1S/C13H14N2O3/c14-15-13(16)11-6-7-18-12(11)9-17-8-10-4-2-1-3-5-10/h1-7H,8-9,14H2,(H,15,16). The molecule has 1 amide bonds. The van der Waals surface area contributed by atoms with Crippen LogP contribution in [0.5, 0.6) is 0 Å². The first-order valence-corrected chi connectivity index (χ1v) is 5.50. The summed E-state index contributed by atoms with van der Waals surface area (Å²) in [6, 6.07) is 11.3. The van der Waals surface area contributed by atoms with Crippen LogP contribution in [-0.4, -0.2) is 5.91 Å². The Morgan fingerprint density at radius 2 is 2.00 bits per heavy atom. The Morgan fingerprint density at radius 1 is 1.22 bits per heavy atom. The Labute approximate surface area is 105 Å². The van der Waals surface area contributed by atoms with Crippen molar-refractivity contribution < 1.29 is 13.9 Å². The number of nitrogens with one attached hydrogen (secondary N) is 1. The molecule has 0 aliphatic rings. The van der Waals surface area contributed by atoms with Crippen molar-refractivity contribution in [3.05, 3.63) is 59.5 Å². The van der Waals surface area contributed by atoms with Crippen molar-refractivity contribution in [2.45, 2.75) is 13.2 Å². The normalized spacial score (nSPS) is 10.3. The van der Waals surface area contributed by atoms with E-state index in [1.54, 1.807) is 6.07 Å². The first kappa shape index (κ1) is 12.3. The lowest BCUT2D eigenvalue weighted by atomic mass is 10.2. The van der Waals surface area contributed by atoms with Gasteiger partial charge in [0.15, 0.2) is 0 Å². The van der Waals surface area contributed by atoms with E-state index in [1.165, 1.54) is 6.26 Å². The Bertz CT molecular complexity index is 508. The van der Waals surface area contributed by atoms with E-state index in [0.29, 0.717) is 17.9 Å². The van der Waals surface area contributed by atoms with Crippen molar-refractivity contribution >= 4 is 5.91 Å². The van der Waals surface area contributed by atoms with Crippen molar-refractivity contribution in [2.75, 3.05) is 0 Å². The summed E-state index contributed by atoms with van der Waals surface area (Å²) in [5.41, 5.74) is 3.52. The number of furan rings is 1. The average molecular weight is 246 g/mol. The molecule has 18 heavy (non-hydrogen) atoms. The second-order valence-corrected chi connectivity index (χ2v) is 3.71. The van der Waals surface area contributed by atoms with Crippen molar-refractivity contribution in [1.29, 1.82) is 0 Å². The molecule has 0 radical (unpaired) electrons. The first-order valence-electron chi connectivity index (χ1n) is 5.50. The predicted molar refractivity (Wildman–Crippen MR) is 65.3 cm³/mol. The van der Waals surface area contributed by atoms with E-state index in [0.717, 1.165) is 5.56 Å². The highest BCUT2D eigenvalue weighted by atomic mass is 16.5. The van der Waals surface area contributed by atoms with Gasteiger partial charge in [0, 0.05) is 0 Å². The zero-order valence-electron chi connectivity index (χ0n) is 9.76. The fourth-order valence-corrected chi connectivity index (χ4v) is 1.57. The van der Waals surface area contributed by atoms with Gasteiger partial charge in [0.05, 0.1) is 18.4 Å². The summed E-state index contributed by atoms with van der Waals surface area (Å²) < 4.78 is 10.7. The fraction of sp³-hybridized carbons (Fsp3) is 0.154. The third-order valence-electron chi connectivity index (χ3n) is 2.47. The number of rotatable bonds is 5. The molecule has 94 valence electrons. The van der Waals surface area contributed by atoms with E-state index in [1.807, 2.05) is 30.3 Å². The minimum atomic E-state index is -0.387. The largest absolute Gasteiger partial charge is 0.466 e. The average Bonchev–Trinajstić information content (AvgIpc) is 2.87. The molecule has 0 saturated heterocycles. The van der Waals surface area contributed by atoms with Gasteiger partial charge in [-0.05, 0) is 11.6 Å². The molecule has 2 aromatic rings. The third-order valence-corrected chi connectivity index (χ3v) is 2.47. The van der Waals surface area contributed by atoms with E-state index >= 15 is 0 Å². The lowest BCUT2D eigenvalue weighted by Crippen LogP contribution is -2.30. The van der Waals surface area contributed by atoms with Crippen molar-refractivity contribution in [3.8, 4) is 0 Å². The highest BCUT2D eigenvalue weighted by molar-refractivity contribution is 5.94. The Hall–Kier alpha value is -2.11. The van der Waals surface area contributed by atoms with Crippen LogP contribution in [-0.2, 0) is 18.0 Å². The molecular weight excluding hydrogens is 232 g/mol. The minimum Gasteiger partial charge on any atom is -0.466 e. The molecule has 3 N–H and O–H groups in total. The van der Waals surface area contributed by atoms with Crippen molar-refractivity contribution in [2.24, 2.45) is 5.84 Å². The van der Waals surface area contributed by atoms with Gasteiger partial charge in [0.1, 0.15) is 12.4 Å². The molecule has 1 heterocycles. The van der Waals surface area contributed by atoms with Crippen LogP contribution in [0.2, 0.25) is 0 Å². The molecule has 1 aromatic carbocycles. The van der Waals surface area contributed by atoms with Gasteiger partial charge in [-0.1, -0.05) is 30.3 Å². The van der Waals surface area contributed by atoms with Crippen molar-refractivity contribution in [1.82, 2.24) is 5.43 Å². The molecule has 0 atom stereocenters. The highest BCUT2D eigenvalue weighted by Gasteiger charge is 2.13. The molecule has 0 fully saturated rings. The SMILES string of the molecule is NNC(=O)c1ccoc1COCc1ccccc1. The molecule has 0 aliphatic carbocycles. The predicted octanol–water partition coefficient (Wildman–Crippen LogP) is 1.60. The number of hydrazine groups is 1.